The highest BCUT2D eigenvalue weighted by atomic mass is 16.3. The SMILES string of the molecule is Cc1cn[nH]c1C(=O)N1CCC2(CC1)CC2CNC(=O)c1cc2ccncc2o1. The lowest BCUT2D eigenvalue weighted by Gasteiger charge is -2.33. The second-order valence-corrected chi connectivity index (χ2v) is 8.22. The quantitative estimate of drug-likeness (QED) is 0.709. The van der Waals surface area contributed by atoms with Gasteiger partial charge in [-0.05, 0) is 55.2 Å². The minimum Gasteiger partial charge on any atom is -0.449 e. The molecule has 1 aliphatic heterocycles. The molecule has 5 rings (SSSR count). The lowest BCUT2D eigenvalue weighted by molar-refractivity contribution is 0.0662. The molecular formula is C21H23N5O3. The van der Waals surface area contributed by atoms with E-state index in [1.807, 2.05) is 17.9 Å². The highest BCUT2D eigenvalue weighted by molar-refractivity contribution is 5.96. The molecule has 8 heteroatoms. The van der Waals surface area contributed by atoms with Crippen LogP contribution in [0.5, 0.6) is 0 Å². The summed E-state index contributed by atoms with van der Waals surface area (Å²) >= 11 is 0. The Morgan fingerprint density at radius 2 is 2.17 bits per heavy atom. The van der Waals surface area contributed by atoms with Crippen molar-refractivity contribution in [3.63, 3.8) is 0 Å². The Hall–Kier alpha value is -3.16. The Balaban J connectivity index is 1.14. The molecule has 0 aromatic carbocycles. The number of aromatic nitrogens is 3. The molecule has 1 atom stereocenters. The van der Waals surface area contributed by atoms with Gasteiger partial charge in [-0.2, -0.15) is 5.10 Å². The van der Waals surface area contributed by atoms with Crippen LogP contribution in [0.25, 0.3) is 11.0 Å². The number of nitrogens with zero attached hydrogens (tertiary/aromatic N) is 3. The van der Waals surface area contributed by atoms with Gasteiger partial charge in [0.1, 0.15) is 5.69 Å². The standard InChI is InChI=1S/C21H23N5O3/c1-13-10-24-25-18(13)20(28)26-6-3-21(4-7-26)9-15(21)11-23-19(27)16-8-14-2-5-22-12-17(14)29-16/h2,5,8,10,12,15H,3-4,6-7,9,11H2,1H3,(H,23,27)(H,24,25). The number of pyridine rings is 1. The number of hydrogen-bond donors (Lipinski definition) is 2. The first-order chi connectivity index (χ1) is 14.1. The van der Waals surface area contributed by atoms with Gasteiger partial charge in [0.25, 0.3) is 11.8 Å². The van der Waals surface area contributed by atoms with Gasteiger partial charge in [0.2, 0.25) is 0 Å². The monoisotopic (exact) mass is 393 g/mol. The third kappa shape index (κ3) is 3.18. The largest absolute Gasteiger partial charge is 0.449 e. The smallest absolute Gasteiger partial charge is 0.287 e. The van der Waals surface area contributed by atoms with E-state index >= 15 is 0 Å². The maximum Gasteiger partial charge on any atom is 0.287 e. The normalized spacial score (nSPS) is 20.2. The third-order valence-electron chi connectivity index (χ3n) is 6.50. The van der Waals surface area contributed by atoms with Crippen LogP contribution in [0.1, 0.15) is 45.9 Å². The molecule has 29 heavy (non-hydrogen) atoms. The Labute approximate surface area is 167 Å². The minimum absolute atomic E-state index is 0.0275. The van der Waals surface area contributed by atoms with Crippen LogP contribution < -0.4 is 5.32 Å². The highest BCUT2D eigenvalue weighted by Crippen LogP contribution is 2.59. The first-order valence-corrected chi connectivity index (χ1v) is 9.97. The molecule has 2 aliphatic rings. The molecule has 2 fully saturated rings. The highest BCUT2D eigenvalue weighted by Gasteiger charge is 2.54. The number of amides is 2. The van der Waals surface area contributed by atoms with Gasteiger partial charge in [-0.1, -0.05) is 0 Å². The molecular weight excluding hydrogens is 370 g/mol. The van der Waals surface area contributed by atoms with Crippen LogP contribution in [0.3, 0.4) is 0 Å². The van der Waals surface area contributed by atoms with Crippen molar-refractivity contribution in [2.45, 2.75) is 26.2 Å². The van der Waals surface area contributed by atoms with E-state index in [0.29, 0.717) is 29.5 Å². The average molecular weight is 393 g/mol. The van der Waals surface area contributed by atoms with Crippen molar-refractivity contribution < 1.29 is 14.0 Å². The number of piperidine rings is 1. The summed E-state index contributed by atoms with van der Waals surface area (Å²) in [5, 5.41) is 10.6. The predicted octanol–water partition coefficient (Wildman–Crippen LogP) is 2.53. The number of likely N-dealkylation sites (tertiary alicyclic amines) is 1. The van der Waals surface area contributed by atoms with E-state index in [9.17, 15) is 9.59 Å². The van der Waals surface area contributed by atoms with Crippen LogP contribution in [-0.4, -0.2) is 51.5 Å². The Bertz CT molecular complexity index is 1040. The van der Waals surface area contributed by atoms with Crippen molar-refractivity contribution in [1.29, 1.82) is 0 Å². The average Bonchev–Trinajstić information content (AvgIpc) is 3.08. The number of fused-ring (bicyclic) bond motifs is 1. The van der Waals surface area contributed by atoms with Crippen LogP contribution in [0.15, 0.2) is 35.1 Å². The molecule has 1 aliphatic carbocycles. The first kappa shape index (κ1) is 17.9. The second-order valence-electron chi connectivity index (χ2n) is 8.22. The number of H-pyrrole nitrogens is 1. The number of nitrogens with one attached hydrogen (secondary N) is 2. The summed E-state index contributed by atoms with van der Waals surface area (Å²) in [6.07, 6.45) is 8.02. The van der Waals surface area contributed by atoms with E-state index in [-0.39, 0.29) is 17.2 Å². The summed E-state index contributed by atoms with van der Waals surface area (Å²) in [7, 11) is 0. The van der Waals surface area contributed by atoms with Crippen LogP contribution in [0.2, 0.25) is 0 Å². The lowest BCUT2D eigenvalue weighted by atomic mass is 9.90. The maximum absolute atomic E-state index is 12.6. The molecule has 1 saturated heterocycles. The summed E-state index contributed by atoms with van der Waals surface area (Å²) in [6, 6.07) is 3.57. The molecule has 2 amide bonds. The van der Waals surface area contributed by atoms with Crippen LogP contribution in [0.4, 0.5) is 0 Å². The van der Waals surface area contributed by atoms with E-state index in [0.717, 1.165) is 43.3 Å². The third-order valence-corrected chi connectivity index (χ3v) is 6.50. The van der Waals surface area contributed by atoms with E-state index in [1.54, 1.807) is 24.7 Å². The Morgan fingerprint density at radius 1 is 1.34 bits per heavy atom. The molecule has 2 N–H and O–H groups in total. The summed E-state index contributed by atoms with van der Waals surface area (Å²) in [5.41, 5.74) is 2.33. The van der Waals surface area contributed by atoms with Gasteiger partial charge in [-0.25, -0.2) is 0 Å². The minimum atomic E-state index is -0.189. The van der Waals surface area contributed by atoms with Crippen molar-refractivity contribution in [2.75, 3.05) is 19.6 Å². The number of aromatic amines is 1. The van der Waals surface area contributed by atoms with Gasteiger partial charge in [-0.15, -0.1) is 0 Å². The van der Waals surface area contributed by atoms with E-state index < -0.39 is 0 Å². The van der Waals surface area contributed by atoms with Gasteiger partial charge in [0.15, 0.2) is 11.3 Å². The topological polar surface area (TPSA) is 104 Å². The zero-order valence-corrected chi connectivity index (χ0v) is 16.3. The summed E-state index contributed by atoms with van der Waals surface area (Å²) in [5.74, 6) is 0.618. The Kier molecular flexibility index (Phi) is 4.15. The zero-order valence-electron chi connectivity index (χ0n) is 16.3. The van der Waals surface area contributed by atoms with Crippen molar-refractivity contribution in [3.05, 3.63) is 47.7 Å². The zero-order chi connectivity index (χ0) is 20.0. The number of aryl methyl sites for hydroxylation is 1. The number of carbonyl (C=O) groups excluding carboxylic acids is 2. The van der Waals surface area contributed by atoms with Gasteiger partial charge in [0.05, 0.1) is 12.4 Å². The fourth-order valence-electron chi connectivity index (χ4n) is 4.51. The second kappa shape index (κ2) is 6.72. The van der Waals surface area contributed by atoms with Gasteiger partial charge >= 0.3 is 0 Å². The maximum atomic E-state index is 12.6. The number of furan rings is 1. The van der Waals surface area contributed by atoms with E-state index in [2.05, 4.69) is 20.5 Å². The van der Waals surface area contributed by atoms with Crippen LogP contribution in [-0.2, 0) is 0 Å². The molecule has 1 spiro atoms. The van der Waals surface area contributed by atoms with Gasteiger partial charge < -0.3 is 14.6 Å². The first-order valence-electron chi connectivity index (χ1n) is 9.97. The van der Waals surface area contributed by atoms with E-state index in [1.165, 1.54) is 0 Å². The predicted molar refractivity (Wildman–Crippen MR) is 105 cm³/mol. The molecule has 0 radical (unpaired) electrons. The van der Waals surface area contributed by atoms with Crippen molar-refractivity contribution in [2.24, 2.45) is 11.3 Å². The number of carbonyl (C=O) groups is 2. The fraction of sp³-hybridized carbons (Fsp3) is 0.429. The molecule has 1 unspecified atom stereocenters. The molecule has 8 nitrogen and oxygen atoms in total. The van der Waals surface area contributed by atoms with E-state index in [4.69, 9.17) is 4.42 Å². The molecule has 3 aromatic rings. The molecule has 3 aromatic heterocycles. The van der Waals surface area contributed by atoms with Crippen molar-refractivity contribution >= 4 is 22.8 Å². The number of hydrogen-bond acceptors (Lipinski definition) is 5. The molecule has 150 valence electrons. The molecule has 1 saturated carbocycles. The van der Waals surface area contributed by atoms with Gasteiger partial charge in [0, 0.05) is 31.2 Å². The Morgan fingerprint density at radius 3 is 2.90 bits per heavy atom. The fourth-order valence-corrected chi connectivity index (χ4v) is 4.51. The number of rotatable bonds is 4. The van der Waals surface area contributed by atoms with Crippen molar-refractivity contribution in [1.82, 2.24) is 25.4 Å². The van der Waals surface area contributed by atoms with Gasteiger partial charge in [-0.3, -0.25) is 19.7 Å². The van der Waals surface area contributed by atoms with Crippen LogP contribution in [0, 0.1) is 18.3 Å². The van der Waals surface area contributed by atoms with Crippen LogP contribution >= 0.6 is 0 Å². The summed E-state index contributed by atoms with van der Waals surface area (Å²) in [6.45, 7) is 4.03. The summed E-state index contributed by atoms with van der Waals surface area (Å²) < 4.78 is 5.58. The molecule has 0 bridgehead atoms. The molecule has 4 heterocycles. The summed E-state index contributed by atoms with van der Waals surface area (Å²) in [4.78, 5) is 31.0. The van der Waals surface area contributed by atoms with Crippen molar-refractivity contribution in [3.8, 4) is 0 Å². The lowest BCUT2D eigenvalue weighted by Crippen LogP contribution is -2.40.